The van der Waals surface area contributed by atoms with Gasteiger partial charge in [-0.3, -0.25) is 5.43 Å². The summed E-state index contributed by atoms with van der Waals surface area (Å²) in [5.74, 6) is -0.409. The van der Waals surface area contributed by atoms with E-state index in [9.17, 15) is 4.79 Å². The van der Waals surface area contributed by atoms with Gasteiger partial charge in [0.2, 0.25) is 0 Å². The average Bonchev–Trinajstić information content (AvgIpc) is 2.57. The van der Waals surface area contributed by atoms with Gasteiger partial charge in [0.15, 0.2) is 5.11 Å². The van der Waals surface area contributed by atoms with Gasteiger partial charge in [0.1, 0.15) is 0 Å². The number of carbonyl (C=O) groups is 1. The molecule has 0 aromatic heterocycles. The largest absolute Gasteiger partial charge is 0.465 e. The van der Waals surface area contributed by atoms with Gasteiger partial charge in [-0.05, 0) is 43.8 Å². The predicted molar refractivity (Wildman–Crippen MR) is 101 cm³/mol. The normalized spacial score (nSPS) is 10.5. The van der Waals surface area contributed by atoms with Crippen molar-refractivity contribution in [3.63, 3.8) is 0 Å². The van der Waals surface area contributed by atoms with Crippen molar-refractivity contribution < 1.29 is 9.53 Å². The van der Waals surface area contributed by atoms with Crippen molar-refractivity contribution in [2.45, 2.75) is 13.8 Å². The lowest BCUT2D eigenvalue weighted by molar-refractivity contribution is 0.0600. The van der Waals surface area contributed by atoms with Gasteiger partial charge in [0, 0.05) is 11.3 Å². The number of benzene rings is 2. The summed E-state index contributed by atoms with van der Waals surface area (Å²) < 4.78 is 4.75. The van der Waals surface area contributed by atoms with E-state index in [1.54, 1.807) is 18.2 Å². The third-order valence-corrected chi connectivity index (χ3v) is 3.56. The molecular formula is C18H19N3O2S. The minimum Gasteiger partial charge on any atom is -0.465 e. The number of esters is 1. The van der Waals surface area contributed by atoms with Gasteiger partial charge in [0.25, 0.3) is 0 Å². The molecule has 0 bridgehead atoms. The van der Waals surface area contributed by atoms with Gasteiger partial charge in [-0.15, -0.1) is 0 Å². The lowest BCUT2D eigenvalue weighted by Crippen LogP contribution is -2.24. The van der Waals surface area contributed by atoms with Crippen LogP contribution in [0.15, 0.2) is 47.6 Å². The second kappa shape index (κ2) is 8.21. The number of methoxy groups -OCH3 is 1. The van der Waals surface area contributed by atoms with E-state index >= 15 is 0 Å². The molecule has 6 heteroatoms. The zero-order chi connectivity index (χ0) is 17.5. The van der Waals surface area contributed by atoms with Crippen LogP contribution in [0.5, 0.6) is 0 Å². The Bertz CT molecular complexity index is 788. The van der Waals surface area contributed by atoms with E-state index in [0.717, 1.165) is 11.3 Å². The van der Waals surface area contributed by atoms with E-state index in [1.807, 2.05) is 32.0 Å². The number of hydrazone groups is 1. The smallest absolute Gasteiger partial charge is 0.338 e. The number of rotatable bonds is 4. The molecule has 0 saturated carbocycles. The van der Waals surface area contributed by atoms with E-state index in [-0.39, 0.29) is 0 Å². The number of anilines is 1. The van der Waals surface area contributed by atoms with Crippen LogP contribution in [-0.4, -0.2) is 24.4 Å². The fourth-order valence-corrected chi connectivity index (χ4v) is 2.33. The average molecular weight is 341 g/mol. The molecule has 2 N–H and O–H groups in total. The van der Waals surface area contributed by atoms with Crippen LogP contribution in [-0.2, 0) is 4.74 Å². The van der Waals surface area contributed by atoms with Crippen molar-refractivity contribution in [2.24, 2.45) is 5.10 Å². The highest BCUT2D eigenvalue weighted by molar-refractivity contribution is 7.80. The molecule has 0 heterocycles. The Morgan fingerprint density at radius 3 is 2.67 bits per heavy atom. The summed E-state index contributed by atoms with van der Waals surface area (Å²) in [5.41, 5.74) is 7.04. The van der Waals surface area contributed by atoms with Crippen LogP contribution in [0.1, 0.15) is 27.0 Å². The summed E-state index contributed by atoms with van der Waals surface area (Å²) in [6.07, 6.45) is 1.53. The van der Waals surface area contributed by atoms with Crippen molar-refractivity contribution in [3.8, 4) is 0 Å². The SMILES string of the molecule is COC(=O)c1ccccc1/C=N\NC(=S)Nc1ccc(C)cc1C. The number of thiocarbonyl (C=S) groups is 1. The molecule has 0 saturated heterocycles. The topological polar surface area (TPSA) is 62.7 Å². The molecule has 0 radical (unpaired) electrons. The Morgan fingerprint density at radius 1 is 1.21 bits per heavy atom. The molecule has 0 atom stereocenters. The molecule has 0 unspecified atom stereocenters. The van der Waals surface area contributed by atoms with Crippen molar-refractivity contribution in [3.05, 3.63) is 64.7 Å². The van der Waals surface area contributed by atoms with E-state index in [1.165, 1.54) is 18.9 Å². The number of nitrogens with one attached hydrogen (secondary N) is 2. The van der Waals surface area contributed by atoms with Crippen molar-refractivity contribution in [1.82, 2.24) is 5.43 Å². The Balaban J connectivity index is 2.01. The fourth-order valence-electron chi connectivity index (χ4n) is 2.17. The lowest BCUT2D eigenvalue weighted by Gasteiger charge is -2.10. The Hall–Kier alpha value is -2.73. The monoisotopic (exact) mass is 341 g/mol. The standard InChI is InChI=1S/C18H19N3O2S/c1-12-8-9-16(13(2)10-12)20-18(24)21-19-11-14-6-4-5-7-15(14)17(22)23-3/h4-11H,1-3H3,(H2,20,21,24)/b19-11-. The van der Waals surface area contributed by atoms with E-state index < -0.39 is 5.97 Å². The maximum absolute atomic E-state index is 11.7. The number of ether oxygens (including phenoxy) is 1. The van der Waals surface area contributed by atoms with Crippen molar-refractivity contribution in [1.29, 1.82) is 0 Å². The van der Waals surface area contributed by atoms with E-state index in [4.69, 9.17) is 17.0 Å². The predicted octanol–water partition coefficient (Wildman–Crippen LogP) is 3.41. The second-order valence-electron chi connectivity index (χ2n) is 5.22. The second-order valence-corrected chi connectivity index (χ2v) is 5.63. The highest BCUT2D eigenvalue weighted by atomic mass is 32.1. The molecular weight excluding hydrogens is 322 g/mol. The molecule has 0 aliphatic heterocycles. The van der Waals surface area contributed by atoms with Gasteiger partial charge >= 0.3 is 5.97 Å². The maximum atomic E-state index is 11.7. The molecule has 0 aliphatic rings. The Kier molecular flexibility index (Phi) is 6.03. The van der Waals surface area contributed by atoms with Gasteiger partial charge in [-0.2, -0.15) is 5.10 Å². The molecule has 2 aromatic rings. The minimum atomic E-state index is -0.409. The molecule has 0 aliphatic carbocycles. The minimum absolute atomic E-state index is 0.369. The first kappa shape index (κ1) is 17.6. The van der Waals surface area contributed by atoms with Gasteiger partial charge < -0.3 is 10.1 Å². The van der Waals surface area contributed by atoms with Gasteiger partial charge in [-0.1, -0.05) is 35.9 Å². The maximum Gasteiger partial charge on any atom is 0.338 e. The summed E-state index contributed by atoms with van der Waals surface area (Å²) in [5, 5.41) is 7.53. The van der Waals surface area contributed by atoms with Crippen LogP contribution >= 0.6 is 12.2 Å². The van der Waals surface area contributed by atoms with Crippen LogP contribution < -0.4 is 10.7 Å². The highest BCUT2D eigenvalue weighted by Crippen LogP contribution is 2.15. The third kappa shape index (κ3) is 4.63. The summed E-state index contributed by atoms with van der Waals surface area (Å²) in [6.45, 7) is 4.05. The molecule has 24 heavy (non-hydrogen) atoms. The van der Waals surface area contributed by atoms with E-state index in [2.05, 4.69) is 21.9 Å². The zero-order valence-electron chi connectivity index (χ0n) is 13.8. The molecule has 0 fully saturated rings. The Labute approximate surface area is 146 Å². The summed E-state index contributed by atoms with van der Waals surface area (Å²) >= 11 is 5.22. The van der Waals surface area contributed by atoms with Crippen LogP contribution in [0, 0.1) is 13.8 Å². The van der Waals surface area contributed by atoms with Crippen LogP contribution in [0.4, 0.5) is 5.69 Å². The first-order chi connectivity index (χ1) is 11.5. The first-order valence-electron chi connectivity index (χ1n) is 7.36. The summed E-state index contributed by atoms with van der Waals surface area (Å²) in [7, 11) is 1.34. The Morgan fingerprint density at radius 2 is 1.96 bits per heavy atom. The van der Waals surface area contributed by atoms with Crippen molar-refractivity contribution in [2.75, 3.05) is 12.4 Å². The first-order valence-corrected chi connectivity index (χ1v) is 7.76. The van der Waals surface area contributed by atoms with Crippen LogP contribution in [0.3, 0.4) is 0 Å². The summed E-state index contributed by atoms with van der Waals surface area (Å²) in [6, 6.07) is 13.1. The fraction of sp³-hybridized carbons (Fsp3) is 0.167. The van der Waals surface area contributed by atoms with Crippen LogP contribution in [0.25, 0.3) is 0 Å². The molecule has 124 valence electrons. The number of hydrogen-bond acceptors (Lipinski definition) is 4. The number of aryl methyl sites for hydroxylation is 2. The lowest BCUT2D eigenvalue weighted by atomic mass is 10.1. The number of hydrogen-bond donors (Lipinski definition) is 2. The molecule has 0 amide bonds. The van der Waals surface area contributed by atoms with Crippen LogP contribution in [0.2, 0.25) is 0 Å². The van der Waals surface area contributed by atoms with Crippen molar-refractivity contribution >= 4 is 35.2 Å². The third-order valence-electron chi connectivity index (χ3n) is 3.37. The quantitative estimate of drug-likeness (QED) is 0.386. The summed E-state index contributed by atoms with van der Waals surface area (Å²) in [4.78, 5) is 11.7. The molecule has 0 spiro atoms. The molecule has 2 rings (SSSR count). The van der Waals surface area contributed by atoms with Gasteiger partial charge in [0.05, 0.1) is 18.9 Å². The van der Waals surface area contributed by atoms with Gasteiger partial charge in [-0.25, -0.2) is 4.79 Å². The highest BCUT2D eigenvalue weighted by Gasteiger charge is 2.09. The molecule has 5 nitrogen and oxygen atoms in total. The number of carbonyl (C=O) groups excluding carboxylic acids is 1. The van der Waals surface area contributed by atoms with E-state index in [0.29, 0.717) is 16.2 Å². The number of nitrogens with zero attached hydrogens (tertiary/aromatic N) is 1. The molecule has 2 aromatic carbocycles. The zero-order valence-corrected chi connectivity index (χ0v) is 14.6.